The van der Waals surface area contributed by atoms with Crippen molar-refractivity contribution in [1.82, 2.24) is 0 Å². The van der Waals surface area contributed by atoms with E-state index in [9.17, 15) is 14.4 Å². The molecule has 5 nitrogen and oxygen atoms in total. The molecule has 33 heavy (non-hydrogen) atoms. The van der Waals surface area contributed by atoms with Crippen LogP contribution in [-0.2, 0) is 11.3 Å². The van der Waals surface area contributed by atoms with Crippen molar-refractivity contribution >= 4 is 23.3 Å². The molecule has 0 atom stereocenters. The molecule has 0 fully saturated rings. The lowest BCUT2D eigenvalue weighted by Gasteiger charge is -2.11. The van der Waals surface area contributed by atoms with E-state index in [0.717, 1.165) is 5.56 Å². The van der Waals surface area contributed by atoms with E-state index in [2.05, 4.69) is 5.32 Å². The Hall–Kier alpha value is -4.51. The smallest absolute Gasteiger partial charge is 0.340 e. The fraction of sp³-hybridized carbons (Fsp3) is 0.0357. The monoisotopic (exact) mass is 435 g/mol. The number of rotatable bonds is 7. The Balaban J connectivity index is 1.40. The third-order valence-electron chi connectivity index (χ3n) is 5.05. The number of amides is 1. The number of carbonyl (C=O) groups excluding carboxylic acids is 3. The number of hydrogen-bond acceptors (Lipinski definition) is 4. The summed E-state index contributed by atoms with van der Waals surface area (Å²) in [4.78, 5) is 37.7. The zero-order valence-corrected chi connectivity index (χ0v) is 17.7. The average molecular weight is 435 g/mol. The Morgan fingerprint density at radius 2 is 1.15 bits per heavy atom. The molecule has 4 aromatic carbocycles. The van der Waals surface area contributed by atoms with Crippen LogP contribution in [0.15, 0.2) is 109 Å². The maximum Gasteiger partial charge on any atom is 0.340 e. The van der Waals surface area contributed by atoms with Gasteiger partial charge >= 0.3 is 5.97 Å². The van der Waals surface area contributed by atoms with Gasteiger partial charge in [-0.3, -0.25) is 9.59 Å². The number of anilines is 1. The van der Waals surface area contributed by atoms with Gasteiger partial charge in [0.2, 0.25) is 0 Å². The van der Waals surface area contributed by atoms with Crippen molar-refractivity contribution in [2.75, 3.05) is 5.32 Å². The Bertz CT molecular complexity index is 1270. The second-order valence-corrected chi connectivity index (χ2v) is 7.33. The average Bonchev–Trinajstić information content (AvgIpc) is 2.88. The molecule has 4 rings (SSSR count). The van der Waals surface area contributed by atoms with E-state index in [1.54, 1.807) is 84.9 Å². The topological polar surface area (TPSA) is 72.5 Å². The normalized spacial score (nSPS) is 10.3. The Morgan fingerprint density at radius 3 is 1.82 bits per heavy atom. The highest BCUT2D eigenvalue weighted by atomic mass is 16.5. The first-order valence-electron chi connectivity index (χ1n) is 10.4. The van der Waals surface area contributed by atoms with Crippen molar-refractivity contribution in [2.24, 2.45) is 0 Å². The third kappa shape index (κ3) is 5.40. The van der Waals surface area contributed by atoms with Crippen LogP contribution in [0, 0.1) is 0 Å². The quantitative estimate of drug-likeness (QED) is 0.306. The number of esters is 1. The molecule has 4 aromatic rings. The van der Waals surface area contributed by atoms with Gasteiger partial charge in [0.05, 0.1) is 11.3 Å². The van der Waals surface area contributed by atoms with E-state index in [1.165, 1.54) is 0 Å². The molecule has 162 valence electrons. The summed E-state index contributed by atoms with van der Waals surface area (Å²) < 4.78 is 5.45. The molecule has 0 heterocycles. The maximum atomic E-state index is 12.7. The second-order valence-electron chi connectivity index (χ2n) is 7.33. The lowest BCUT2D eigenvalue weighted by Crippen LogP contribution is -2.15. The first kappa shape index (κ1) is 21.7. The van der Waals surface area contributed by atoms with Gasteiger partial charge in [-0.1, -0.05) is 84.9 Å². The van der Waals surface area contributed by atoms with Gasteiger partial charge in [-0.15, -0.1) is 0 Å². The molecule has 0 spiro atoms. The minimum Gasteiger partial charge on any atom is -0.457 e. The summed E-state index contributed by atoms with van der Waals surface area (Å²) in [5.74, 6) is -0.930. The van der Waals surface area contributed by atoms with Gasteiger partial charge in [0.15, 0.2) is 5.78 Å². The number of para-hydroxylation sites is 1. The molecule has 1 amide bonds. The van der Waals surface area contributed by atoms with Crippen molar-refractivity contribution in [3.8, 4) is 0 Å². The fourth-order valence-corrected chi connectivity index (χ4v) is 3.29. The molecule has 0 bridgehead atoms. The summed E-state index contributed by atoms with van der Waals surface area (Å²) in [5.41, 5.74) is 3.05. The molecule has 0 unspecified atom stereocenters. The Morgan fingerprint density at radius 1 is 0.606 bits per heavy atom. The number of ether oxygens (including phenoxy) is 1. The van der Waals surface area contributed by atoms with Crippen molar-refractivity contribution in [3.63, 3.8) is 0 Å². The molecule has 0 aromatic heterocycles. The van der Waals surface area contributed by atoms with Crippen LogP contribution in [-0.4, -0.2) is 17.7 Å². The number of ketones is 1. The van der Waals surface area contributed by atoms with Crippen molar-refractivity contribution in [1.29, 1.82) is 0 Å². The summed E-state index contributed by atoms with van der Waals surface area (Å²) in [7, 11) is 0. The molecule has 5 heteroatoms. The van der Waals surface area contributed by atoms with Crippen LogP contribution in [0.25, 0.3) is 0 Å². The standard InChI is InChI=1S/C28H21NO4/c30-26(21-9-3-1-4-10-21)22-17-15-20(16-18-22)19-33-28(32)24-13-7-8-14-25(24)29-27(31)23-11-5-2-6-12-23/h1-18H,19H2,(H,29,31). The minimum absolute atomic E-state index is 0.0413. The second kappa shape index (κ2) is 10.2. The molecule has 0 aliphatic carbocycles. The van der Waals surface area contributed by atoms with E-state index in [4.69, 9.17) is 4.74 Å². The molecule has 0 aliphatic heterocycles. The highest BCUT2D eigenvalue weighted by Gasteiger charge is 2.15. The summed E-state index contributed by atoms with van der Waals surface area (Å²) in [6.45, 7) is 0.0413. The van der Waals surface area contributed by atoms with E-state index in [-0.39, 0.29) is 23.9 Å². The van der Waals surface area contributed by atoms with Gasteiger partial charge in [-0.25, -0.2) is 4.79 Å². The van der Waals surface area contributed by atoms with Crippen LogP contribution in [0.2, 0.25) is 0 Å². The zero-order valence-electron chi connectivity index (χ0n) is 17.7. The van der Waals surface area contributed by atoms with Gasteiger partial charge in [0.1, 0.15) is 6.61 Å². The fourth-order valence-electron chi connectivity index (χ4n) is 3.29. The van der Waals surface area contributed by atoms with E-state index in [1.807, 2.05) is 24.3 Å². The van der Waals surface area contributed by atoms with Crippen LogP contribution in [0.4, 0.5) is 5.69 Å². The molecule has 0 saturated carbocycles. The molecule has 0 saturated heterocycles. The number of benzene rings is 4. The summed E-state index contributed by atoms with van der Waals surface area (Å²) in [5, 5.41) is 2.76. The van der Waals surface area contributed by atoms with Crippen molar-refractivity contribution < 1.29 is 19.1 Å². The summed E-state index contributed by atoms with van der Waals surface area (Å²) in [6, 6.07) is 31.4. The number of hydrogen-bond donors (Lipinski definition) is 1. The Kier molecular flexibility index (Phi) is 6.71. The lowest BCUT2D eigenvalue weighted by atomic mass is 10.0. The van der Waals surface area contributed by atoms with Crippen LogP contribution in [0.5, 0.6) is 0 Å². The predicted molar refractivity (Wildman–Crippen MR) is 126 cm³/mol. The van der Waals surface area contributed by atoms with Gasteiger partial charge in [0, 0.05) is 16.7 Å². The minimum atomic E-state index is -0.552. The highest BCUT2D eigenvalue weighted by Crippen LogP contribution is 2.19. The Labute approximate surface area is 191 Å². The lowest BCUT2D eigenvalue weighted by molar-refractivity contribution is 0.0473. The van der Waals surface area contributed by atoms with Crippen LogP contribution < -0.4 is 5.32 Å². The van der Waals surface area contributed by atoms with Gasteiger partial charge < -0.3 is 10.1 Å². The zero-order chi connectivity index (χ0) is 23.0. The number of nitrogens with one attached hydrogen (secondary N) is 1. The first-order chi connectivity index (χ1) is 16.1. The van der Waals surface area contributed by atoms with Gasteiger partial charge in [-0.05, 0) is 29.8 Å². The largest absolute Gasteiger partial charge is 0.457 e. The predicted octanol–water partition coefficient (Wildman–Crippen LogP) is 5.53. The summed E-state index contributed by atoms with van der Waals surface area (Å²) >= 11 is 0. The van der Waals surface area contributed by atoms with Crippen molar-refractivity contribution in [3.05, 3.63) is 137 Å². The van der Waals surface area contributed by atoms with E-state index in [0.29, 0.717) is 22.4 Å². The highest BCUT2D eigenvalue weighted by molar-refractivity contribution is 6.09. The van der Waals surface area contributed by atoms with Crippen LogP contribution >= 0.6 is 0 Å². The molecule has 0 aliphatic rings. The molecule has 0 radical (unpaired) electrons. The molecular formula is C28H21NO4. The van der Waals surface area contributed by atoms with Crippen molar-refractivity contribution in [2.45, 2.75) is 6.61 Å². The first-order valence-corrected chi connectivity index (χ1v) is 10.4. The van der Waals surface area contributed by atoms with Crippen LogP contribution in [0.1, 0.15) is 42.2 Å². The maximum absolute atomic E-state index is 12.7. The van der Waals surface area contributed by atoms with Crippen LogP contribution in [0.3, 0.4) is 0 Å². The van der Waals surface area contributed by atoms with E-state index < -0.39 is 5.97 Å². The molecular weight excluding hydrogens is 414 g/mol. The van der Waals surface area contributed by atoms with E-state index >= 15 is 0 Å². The van der Waals surface area contributed by atoms with Gasteiger partial charge in [-0.2, -0.15) is 0 Å². The van der Waals surface area contributed by atoms with Gasteiger partial charge in [0.25, 0.3) is 5.91 Å². The SMILES string of the molecule is O=C(Nc1ccccc1C(=O)OCc1ccc(C(=O)c2ccccc2)cc1)c1ccccc1. The summed E-state index contributed by atoms with van der Waals surface area (Å²) in [6.07, 6.45) is 0. The third-order valence-corrected chi connectivity index (χ3v) is 5.05. The molecule has 1 N–H and O–H groups in total. The number of carbonyl (C=O) groups is 3.